The van der Waals surface area contributed by atoms with Crippen LogP contribution in [-0.2, 0) is 22.5 Å². The van der Waals surface area contributed by atoms with Gasteiger partial charge in [0.15, 0.2) is 11.5 Å². The number of thiophene rings is 1. The molecule has 216 valence electrons. The fourth-order valence-electron chi connectivity index (χ4n) is 4.12. The minimum absolute atomic E-state index is 0.0535. The van der Waals surface area contributed by atoms with Gasteiger partial charge in [-0.3, -0.25) is 4.79 Å². The van der Waals surface area contributed by atoms with E-state index in [9.17, 15) is 9.59 Å². The maximum absolute atomic E-state index is 13.7. The van der Waals surface area contributed by atoms with Crippen molar-refractivity contribution in [1.29, 1.82) is 0 Å². The number of methoxy groups -OCH3 is 4. The summed E-state index contributed by atoms with van der Waals surface area (Å²) in [6, 6.07) is 14.5. The third kappa shape index (κ3) is 8.89. The molecule has 0 aliphatic carbocycles. The van der Waals surface area contributed by atoms with Crippen molar-refractivity contribution in [3.05, 3.63) is 69.9 Å². The van der Waals surface area contributed by atoms with E-state index in [2.05, 4.69) is 11.4 Å². The van der Waals surface area contributed by atoms with Gasteiger partial charge in [-0.2, -0.15) is 0 Å². The number of hydrogen-bond acceptors (Lipinski definition) is 7. The first-order valence-corrected chi connectivity index (χ1v) is 14.0. The van der Waals surface area contributed by atoms with Gasteiger partial charge in [0.05, 0.1) is 27.9 Å². The third-order valence-corrected chi connectivity index (χ3v) is 7.51. The summed E-state index contributed by atoms with van der Waals surface area (Å²) in [5.74, 6) is 1.86. The Labute approximate surface area is 240 Å². The van der Waals surface area contributed by atoms with E-state index in [0.717, 1.165) is 16.0 Å². The van der Waals surface area contributed by atoms with E-state index in [1.807, 2.05) is 35.4 Å². The standard InChI is InChI=1S/C30H39N3O6S/c1-22-14-18-40-28(22)20-32(16-13-23-7-12-26(38-4)27(19-23)39-5)29(34)21-33(15-6-17-36-2)30(35)31-24-8-10-25(37-3)11-9-24/h7-12,14,18-19H,6,13,15-17,20-21H2,1-5H3,(H,31,35). The molecule has 0 aliphatic heterocycles. The molecule has 1 N–H and O–H groups in total. The summed E-state index contributed by atoms with van der Waals surface area (Å²) >= 11 is 1.62. The maximum atomic E-state index is 13.7. The van der Waals surface area contributed by atoms with Crippen LogP contribution < -0.4 is 19.5 Å². The van der Waals surface area contributed by atoms with Gasteiger partial charge in [-0.25, -0.2) is 4.79 Å². The molecule has 0 radical (unpaired) electrons. The molecular formula is C30H39N3O6S. The van der Waals surface area contributed by atoms with E-state index in [-0.39, 0.29) is 18.5 Å². The fraction of sp³-hybridized carbons (Fsp3) is 0.400. The highest BCUT2D eigenvalue weighted by atomic mass is 32.1. The largest absolute Gasteiger partial charge is 0.497 e. The van der Waals surface area contributed by atoms with Crippen LogP contribution in [0.25, 0.3) is 0 Å². The summed E-state index contributed by atoms with van der Waals surface area (Å²) in [7, 11) is 6.41. The van der Waals surface area contributed by atoms with Crippen LogP contribution >= 0.6 is 11.3 Å². The Morgan fingerprint density at radius 1 is 0.875 bits per heavy atom. The highest BCUT2D eigenvalue weighted by Gasteiger charge is 2.23. The van der Waals surface area contributed by atoms with Crippen LogP contribution in [-0.4, -0.2) is 76.4 Å². The van der Waals surface area contributed by atoms with E-state index in [4.69, 9.17) is 18.9 Å². The molecule has 1 heterocycles. The fourth-order valence-corrected chi connectivity index (χ4v) is 5.04. The zero-order valence-corrected chi connectivity index (χ0v) is 24.7. The van der Waals surface area contributed by atoms with Crippen molar-refractivity contribution >= 4 is 29.0 Å². The quantitative estimate of drug-likeness (QED) is 0.252. The number of carbonyl (C=O) groups excluding carboxylic acids is 2. The van der Waals surface area contributed by atoms with Crippen LogP contribution in [0.2, 0.25) is 0 Å². The predicted molar refractivity (Wildman–Crippen MR) is 158 cm³/mol. The molecule has 1 aromatic heterocycles. The van der Waals surface area contributed by atoms with E-state index in [1.54, 1.807) is 64.0 Å². The zero-order valence-electron chi connectivity index (χ0n) is 23.9. The molecule has 0 unspecified atom stereocenters. The Kier molecular flexibility index (Phi) is 12.1. The Morgan fingerprint density at radius 2 is 1.62 bits per heavy atom. The van der Waals surface area contributed by atoms with Gasteiger partial charge in [0.2, 0.25) is 5.91 Å². The second-order valence-electron chi connectivity index (χ2n) is 9.21. The lowest BCUT2D eigenvalue weighted by Crippen LogP contribution is -2.45. The Bertz CT molecular complexity index is 1230. The van der Waals surface area contributed by atoms with Crippen LogP contribution in [0, 0.1) is 6.92 Å². The monoisotopic (exact) mass is 569 g/mol. The van der Waals surface area contributed by atoms with Crippen molar-refractivity contribution in [2.45, 2.75) is 26.3 Å². The zero-order chi connectivity index (χ0) is 28.9. The molecule has 0 aliphatic rings. The number of anilines is 1. The van der Waals surface area contributed by atoms with Crippen LogP contribution in [0.5, 0.6) is 17.2 Å². The van der Waals surface area contributed by atoms with Gasteiger partial charge in [-0.1, -0.05) is 6.07 Å². The molecule has 10 heteroatoms. The highest BCUT2D eigenvalue weighted by Crippen LogP contribution is 2.28. The number of carbonyl (C=O) groups is 2. The lowest BCUT2D eigenvalue weighted by molar-refractivity contribution is -0.132. The topological polar surface area (TPSA) is 89.6 Å². The number of amides is 3. The SMILES string of the molecule is COCCCN(CC(=O)N(CCc1ccc(OC)c(OC)c1)Cc1sccc1C)C(=O)Nc1ccc(OC)cc1. The first kappa shape index (κ1) is 30.8. The minimum atomic E-state index is -0.346. The molecule has 3 rings (SSSR count). The van der Waals surface area contributed by atoms with E-state index in [0.29, 0.717) is 62.0 Å². The average molecular weight is 570 g/mol. The second-order valence-corrected chi connectivity index (χ2v) is 10.2. The van der Waals surface area contributed by atoms with Crippen molar-refractivity contribution in [1.82, 2.24) is 9.80 Å². The van der Waals surface area contributed by atoms with Crippen molar-refractivity contribution in [2.24, 2.45) is 0 Å². The number of benzene rings is 2. The average Bonchev–Trinajstić information content (AvgIpc) is 3.38. The number of hydrogen-bond donors (Lipinski definition) is 1. The summed E-state index contributed by atoms with van der Waals surface area (Å²) < 4.78 is 21.2. The Morgan fingerprint density at radius 3 is 2.25 bits per heavy atom. The van der Waals surface area contributed by atoms with Gasteiger partial charge in [0.1, 0.15) is 12.3 Å². The highest BCUT2D eigenvalue weighted by molar-refractivity contribution is 7.10. The lowest BCUT2D eigenvalue weighted by Gasteiger charge is -2.28. The van der Waals surface area contributed by atoms with Crippen LogP contribution in [0.3, 0.4) is 0 Å². The molecule has 0 atom stereocenters. The molecule has 0 spiro atoms. The lowest BCUT2D eigenvalue weighted by atomic mass is 10.1. The van der Waals surface area contributed by atoms with Gasteiger partial charge in [0, 0.05) is 37.4 Å². The molecule has 40 heavy (non-hydrogen) atoms. The molecule has 3 amide bonds. The van der Waals surface area contributed by atoms with E-state index < -0.39 is 0 Å². The van der Waals surface area contributed by atoms with Crippen molar-refractivity contribution in [3.8, 4) is 17.2 Å². The third-order valence-electron chi connectivity index (χ3n) is 6.50. The first-order chi connectivity index (χ1) is 19.4. The maximum Gasteiger partial charge on any atom is 0.322 e. The summed E-state index contributed by atoms with van der Waals surface area (Å²) in [4.78, 5) is 31.5. The summed E-state index contributed by atoms with van der Waals surface area (Å²) in [6.07, 6.45) is 1.23. The number of aryl methyl sites for hydroxylation is 1. The minimum Gasteiger partial charge on any atom is -0.497 e. The van der Waals surface area contributed by atoms with Crippen molar-refractivity contribution in [3.63, 3.8) is 0 Å². The van der Waals surface area contributed by atoms with Crippen molar-refractivity contribution in [2.75, 3.05) is 60.0 Å². The van der Waals surface area contributed by atoms with Crippen molar-refractivity contribution < 1.29 is 28.5 Å². The first-order valence-electron chi connectivity index (χ1n) is 13.1. The summed E-state index contributed by atoms with van der Waals surface area (Å²) in [6.45, 7) is 3.81. The predicted octanol–water partition coefficient (Wildman–Crippen LogP) is 5.22. The van der Waals surface area contributed by atoms with Crippen LogP contribution in [0.4, 0.5) is 10.5 Å². The smallest absolute Gasteiger partial charge is 0.322 e. The molecule has 0 saturated carbocycles. The Hall–Kier alpha value is -3.76. The van der Waals surface area contributed by atoms with Crippen LogP contribution in [0.1, 0.15) is 22.4 Å². The molecule has 2 aromatic carbocycles. The molecule has 3 aromatic rings. The Balaban J connectivity index is 1.76. The van der Waals surface area contributed by atoms with Gasteiger partial charge in [-0.15, -0.1) is 11.3 Å². The van der Waals surface area contributed by atoms with Gasteiger partial charge < -0.3 is 34.1 Å². The normalized spacial score (nSPS) is 10.6. The molecule has 0 bridgehead atoms. The summed E-state index contributed by atoms with van der Waals surface area (Å²) in [5, 5.41) is 4.93. The molecule has 0 fully saturated rings. The number of urea groups is 1. The molecule has 9 nitrogen and oxygen atoms in total. The van der Waals surface area contributed by atoms with E-state index in [1.165, 1.54) is 4.90 Å². The number of nitrogens with zero attached hydrogens (tertiary/aromatic N) is 2. The number of ether oxygens (including phenoxy) is 4. The van der Waals surface area contributed by atoms with Gasteiger partial charge in [-0.05, 0) is 78.7 Å². The number of nitrogens with one attached hydrogen (secondary N) is 1. The van der Waals surface area contributed by atoms with E-state index >= 15 is 0 Å². The molecule has 0 saturated heterocycles. The summed E-state index contributed by atoms with van der Waals surface area (Å²) in [5.41, 5.74) is 2.78. The van der Waals surface area contributed by atoms with Gasteiger partial charge >= 0.3 is 6.03 Å². The number of rotatable bonds is 15. The molecular weight excluding hydrogens is 530 g/mol. The van der Waals surface area contributed by atoms with Crippen LogP contribution in [0.15, 0.2) is 53.9 Å². The van der Waals surface area contributed by atoms with Gasteiger partial charge in [0.25, 0.3) is 0 Å². The second kappa shape index (κ2) is 15.7.